The zero-order chi connectivity index (χ0) is 11.3. The standard InChI is InChI=1S/C13H18O2/c1-10(2)13(8-9-14)11-4-6-12(15-3)7-5-11/h4-8,10,14H,9H2,1-3H3/b13-8-. The van der Waals surface area contributed by atoms with Crippen LogP contribution in [0.2, 0.25) is 0 Å². The summed E-state index contributed by atoms with van der Waals surface area (Å²) in [6.07, 6.45) is 1.85. The van der Waals surface area contributed by atoms with Crippen LogP contribution in [0.5, 0.6) is 5.75 Å². The second-order valence-electron chi connectivity index (χ2n) is 3.73. The molecule has 15 heavy (non-hydrogen) atoms. The Balaban J connectivity index is 2.97. The third-order valence-corrected chi connectivity index (χ3v) is 2.36. The summed E-state index contributed by atoms with van der Waals surface area (Å²) < 4.78 is 5.10. The summed E-state index contributed by atoms with van der Waals surface area (Å²) in [5.41, 5.74) is 2.31. The topological polar surface area (TPSA) is 29.5 Å². The summed E-state index contributed by atoms with van der Waals surface area (Å²) in [6.45, 7) is 4.32. The minimum atomic E-state index is 0.0829. The summed E-state index contributed by atoms with van der Waals surface area (Å²) >= 11 is 0. The minimum absolute atomic E-state index is 0.0829. The van der Waals surface area contributed by atoms with Crippen LogP contribution < -0.4 is 4.74 Å². The molecule has 0 radical (unpaired) electrons. The molecule has 0 heterocycles. The van der Waals surface area contributed by atoms with Gasteiger partial charge in [0.2, 0.25) is 0 Å². The summed E-state index contributed by atoms with van der Waals surface area (Å²) in [6, 6.07) is 7.90. The molecular formula is C13H18O2. The number of aliphatic hydroxyl groups excluding tert-OH is 1. The van der Waals surface area contributed by atoms with Gasteiger partial charge < -0.3 is 9.84 Å². The van der Waals surface area contributed by atoms with Crippen molar-refractivity contribution in [2.45, 2.75) is 13.8 Å². The maximum absolute atomic E-state index is 8.95. The SMILES string of the molecule is COc1ccc(/C(=C\CO)C(C)C)cc1. The Kier molecular flexibility index (Phi) is 4.37. The zero-order valence-electron chi connectivity index (χ0n) is 9.53. The van der Waals surface area contributed by atoms with Crippen LogP contribution in [0.4, 0.5) is 0 Å². The van der Waals surface area contributed by atoms with Crippen LogP contribution >= 0.6 is 0 Å². The maximum Gasteiger partial charge on any atom is 0.118 e. The number of hydrogen-bond donors (Lipinski definition) is 1. The van der Waals surface area contributed by atoms with Crippen LogP contribution in [0, 0.1) is 5.92 Å². The average molecular weight is 206 g/mol. The predicted octanol–water partition coefficient (Wildman–Crippen LogP) is 2.73. The molecule has 2 nitrogen and oxygen atoms in total. The summed E-state index contributed by atoms with van der Waals surface area (Å²) in [7, 11) is 1.65. The second kappa shape index (κ2) is 5.56. The van der Waals surface area contributed by atoms with E-state index in [0.29, 0.717) is 5.92 Å². The van der Waals surface area contributed by atoms with E-state index in [1.165, 1.54) is 5.57 Å². The van der Waals surface area contributed by atoms with Crippen molar-refractivity contribution in [2.75, 3.05) is 13.7 Å². The third-order valence-electron chi connectivity index (χ3n) is 2.36. The number of aliphatic hydroxyl groups is 1. The number of allylic oxidation sites excluding steroid dienone is 1. The Morgan fingerprint density at radius 3 is 2.33 bits per heavy atom. The fourth-order valence-electron chi connectivity index (χ4n) is 1.57. The van der Waals surface area contributed by atoms with Crippen LogP contribution in [0.25, 0.3) is 5.57 Å². The quantitative estimate of drug-likeness (QED) is 0.820. The monoisotopic (exact) mass is 206 g/mol. The molecule has 0 bridgehead atoms. The lowest BCUT2D eigenvalue weighted by Gasteiger charge is -2.12. The van der Waals surface area contributed by atoms with Gasteiger partial charge in [-0.15, -0.1) is 0 Å². The van der Waals surface area contributed by atoms with Crippen LogP contribution in [0.1, 0.15) is 19.4 Å². The van der Waals surface area contributed by atoms with Crippen LogP contribution in [-0.4, -0.2) is 18.8 Å². The Hall–Kier alpha value is -1.28. The molecule has 2 heteroatoms. The first-order chi connectivity index (χ1) is 7.19. The van der Waals surface area contributed by atoms with E-state index in [9.17, 15) is 0 Å². The number of rotatable bonds is 4. The number of ether oxygens (including phenoxy) is 1. The van der Waals surface area contributed by atoms with Crippen LogP contribution in [0.3, 0.4) is 0 Å². The van der Waals surface area contributed by atoms with Crippen molar-refractivity contribution >= 4 is 5.57 Å². The smallest absolute Gasteiger partial charge is 0.118 e. The molecule has 0 saturated carbocycles. The van der Waals surface area contributed by atoms with E-state index in [-0.39, 0.29) is 6.61 Å². The van der Waals surface area contributed by atoms with Gasteiger partial charge in [-0.05, 0) is 29.2 Å². The molecule has 1 N–H and O–H groups in total. The van der Waals surface area contributed by atoms with Crippen LogP contribution in [-0.2, 0) is 0 Å². The number of benzene rings is 1. The molecule has 0 aliphatic carbocycles. The highest BCUT2D eigenvalue weighted by molar-refractivity contribution is 5.67. The van der Waals surface area contributed by atoms with Crippen molar-refractivity contribution in [1.29, 1.82) is 0 Å². The fourth-order valence-corrected chi connectivity index (χ4v) is 1.57. The normalized spacial score (nSPS) is 11.9. The van der Waals surface area contributed by atoms with Crippen molar-refractivity contribution in [1.82, 2.24) is 0 Å². The first kappa shape index (κ1) is 11.8. The fraction of sp³-hybridized carbons (Fsp3) is 0.385. The molecule has 82 valence electrons. The van der Waals surface area contributed by atoms with Crippen molar-refractivity contribution in [3.63, 3.8) is 0 Å². The third kappa shape index (κ3) is 3.10. The summed E-state index contributed by atoms with van der Waals surface area (Å²) in [5, 5.41) is 8.95. The van der Waals surface area contributed by atoms with Gasteiger partial charge in [-0.3, -0.25) is 0 Å². The average Bonchev–Trinajstić information content (AvgIpc) is 2.26. The van der Waals surface area contributed by atoms with Gasteiger partial charge >= 0.3 is 0 Å². The summed E-state index contributed by atoms with van der Waals surface area (Å²) in [5.74, 6) is 1.26. The number of methoxy groups -OCH3 is 1. The van der Waals surface area contributed by atoms with Crippen molar-refractivity contribution in [2.24, 2.45) is 5.92 Å². The van der Waals surface area contributed by atoms with Gasteiger partial charge in [-0.2, -0.15) is 0 Å². The van der Waals surface area contributed by atoms with Gasteiger partial charge in [0.1, 0.15) is 5.75 Å². The molecule has 0 atom stereocenters. The Bertz CT molecular complexity index is 323. The molecule has 0 unspecified atom stereocenters. The van der Waals surface area contributed by atoms with Gasteiger partial charge in [0.25, 0.3) is 0 Å². The molecule has 0 aromatic heterocycles. The highest BCUT2D eigenvalue weighted by Gasteiger charge is 2.05. The first-order valence-electron chi connectivity index (χ1n) is 5.14. The van der Waals surface area contributed by atoms with Gasteiger partial charge in [0.15, 0.2) is 0 Å². The van der Waals surface area contributed by atoms with E-state index in [1.807, 2.05) is 30.3 Å². The Labute approximate surface area is 91.2 Å². The van der Waals surface area contributed by atoms with Crippen molar-refractivity contribution < 1.29 is 9.84 Å². The Morgan fingerprint density at radius 1 is 1.33 bits per heavy atom. The van der Waals surface area contributed by atoms with E-state index < -0.39 is 0 Å². The lowest BCUT2D eigenvalue weighted by molar-refractivity contribution is 0.342. The molecule has 1 rings (SSSR count). The molecule has 0 spiro atoms. The van der Waals surface area contributed by atoms with Crippen molar-refractivity contribution in [3.8, 4) is 5.75 Å². The molecule has 1 aromatic rings. The van der Waals surface area contributed by atoms with E-state index >= 15 is 0 Å². The van der Waals surface area contributed by atoms with Gasteiger partial charge in [0, 0.05) is 0 Å². The van der Waals surface area contributed by atoms with E-state index in [0.717, 1.165) is 11.3 Å². The summed E-state index contributed by atoms with van der Waals surface area (Å²) in [4.78, 5) is 0. The maximum atomic E-state index is 8.95. The van der Waals surface area contributed by atoms with Gasteiger partial charge in [-0.1, -0.05) is 32.1 Å². The molecular weight excluding hydrogens is 188 g/mol. The highest BCUT2D eigenvalue weighted by atomic mass is 16.5. The van der Waals surface area contributed by atoms with Gasteiger partial charge in [-0.25, -0.2) is 0 Å². The van der Waals surface area contributed by atoms with Crippen molar-refractivity contribution in [3.05, 3.63) is 35.9 Å². The van der Waals surface area contributed by atoms with E-state index in [1.54, 1.807) is 7.11 Å². The molecule has 0 amide bonds. The van der Waals surface area contributed by atoms with E-state index in [2.05, 4.69) is 13.8 Å². The van der Waals surface area contributed by atoms with Gasteiger partial charge in [0.05, 0.1) is 13.7 Å². The molecule has 0 saturated heterocycles. The Morgan fingerprint density at radius 2 is 1.93 bits per heavy atom. The number of hydrogen-bond acceptors (Lipinski definition) is 2. The van der Waals surface area contributed by atoms with E-state index in [4.69, 9.17) is 9.84 Å². The minimum Gasteiger partial charge on any atom is -0.497 e. The molecule has 0 fully saturated rings. The van der Waals surface area contributed by atoms with Crippen LogP contribution in [0.15, 0.2) is 30.3 Å². The lowest BCUT2D eigenvalue weighted by atomic mass is 9.95. The highest BCUT2D eigenvalue weighted by Crippen LogP contribution is 2.24. The molecule has 0 aliphatic rings. The zero-order valence-corrected chi connectivity index (χ0v) is 9.53. The second-order valence-corrected chi connectivity index (χ2v) is 3.73. The predicted molar refractivity (Wildman–Crippen MR) is 62.9 cm³/mol. The largest absolute Gasteiger partial charge is 0.497 e. The lowest BCUT2D eigenvalue weighted by Crippen LogP contribution is -1.95. The molecule has 1 aromatic carbocycles. The molecule has 0 aliphatic heterocycles. The first-order valence-corrected chi connectivity index (χ1v) is 5.14.